The molecule has 0 fully saturated rings. The third-order valence-electron chi connectivity index (χ3n) is 1.82. The van der Waals surface area contributed by atoms with E-state index in [-0.39, 0.29) is 5.41 Å². The predicted molar refractivity (Wildman–Crippen MR) is 53.6 cm³/mol. The highest BCUT2D eigenvalue weighted by atomic mass is 15.3. The number of aromatic nitrogens is 3. The fraction of sp³-hybridized carbons (Fsp3) is 0.800. The summed E-state index contributed by atoms with van der Waals surface area (Å²) < 4.78 is 1.99. The lowest BCUT2D eigenvalue weighted by molar-refractivity contribution is 0.378. The van der Waals surface area contributed by atoms with Crippen molar-refractivity contribution in [3.8, 4) is 0 Å². The van der Waals surface area contributed by atoms with Crippen molar-refractivity contribution in [1.82, 2.24) is 14.8 Å². The average Bonchev–Trinajstić information content (AvgIpc) is 2.31. The molecule has 0 aliphatic carbocycles. The van der Waals surface area contributed by atoms with Gasteiger partial charge in [0.25, 0.3) is 0 Å². The Balaban J connectivity index is 2.83. The van der Waals surface area contributed by atoms with Crippen molar-refractivity contribution in [1.29, 1.82) is 0 Å². The molecule has 0 radical (unpaired) electrons. The Labute approximate surface area is 80.2 Å². The van der Waals surface area contributed by atoms with Crippen molar-refractivity contribution >= 4 is 0 Å². The molecule has 3 nitrogen and oxygen atoms in total. The molecule has 0 atom stereocenters. The highest BCUT2D eigenvalue weighted by Gasteiger charge is 2.16. The van der Waals surface area contributed by atoms with Gasteiger partial charge in [-0.15, -0.1) is 0 Å². The van der Waals surface area contributed by atoms with Crippen LogP contribution in [0.25, 0.3) is 0 Å². The van der Waals surface area contributed by atoms with Gasteiger partial charge in [-0.05, 0) is 19.3 Å². The first kappa shape index (κ1) is 10.2. The second kappa shape index (κ2) is 3.48. The highest BCUT2D eigenvalue weighted by Crippen LogP contribution is 2.20. The summed E-state index contributed by atoms with van der Waals surface area (Å²) in [5.41, 5.74) is 0.277. The largest absolute Gasteiger partial charge is 0.248 e. The minimum atomic E-state index is 0.277. The molecule has 0 amide bonds. The van der Waals surface area contributed by atoms with Crippen molar-refractivity contribution < 1.29 is 0 Å². The third-order valence-corrected chi connectivity index (χ3v) is 1.82. The Kier molecular flexibility index (Phi) is 2.74. The SMILES string of the molecule is CC(C)n1ncnc1CC(C)(C)C. The van der Waals surface area contributed by atoms with Crippen LogP contribution >= 0.6 is 0 Å². The van der Waals surface area contributed by atoms with Gasteiger partial charge in [-0.3, -0.25) is 0 Å². The van der Waals surface area contributed by atoms with Crippen LogP contribution < -0.4 is 0 Å². The Morgan fingerprint density at radius 1 is 1.38 bits per heavy atom. The minimum absolute atomic E-state index is 0.277. The Morgan fingerprint density at radius 3 is 2.46 bits per heavy atom. The lowest BCUT2D eigenvalue weighted by Crippen LogP contribution is -2.16. The second-order valence-electron chi connectivity index (χ2n) is 4.95. The highest BCUT2D eigenvalue weighted by molar-refractivity contribution is 4.90. The molecule has 0 spiro atoms. The van der Waals surface area contributed by atoms with Crippen LogP contribution in [0.3, 0.4) is 0 Å². The van der Waals surface area contributed by atoms with E-state index in [0.717, 1.165) is 12.2 Å². The van der Waals surface area contributed by atoms with Gasteiger partial charge in [0.05, 0.1) is 0 Å². The molecule has 0 aliphatic rings. The molecular formula is C10H19N3. The molecule has 1 heterocycles. The summed E-state index contributed by atoms with van der Waals surface area (Å²) in [6.07, 6.45) is 2.62. The molecule has 1 rings (SSSR count). The van der Waals surface area contributed by atoms with Crippen LogP contribution in [0.2, 0.25) is 0 Å². The molecule has 1 aromatic heterocycles. The normalized spacial score (nSPS) is 12.5. The summed E-state index contributed by atoms with van der Waals surface area (Å²) in [4.78, 5) is 4.27. The Morgan fingerprint density at radius 2 is 2.00 bits per heavy atom. The summed E-state index contributed by atoms with van der Waals surface area (Å²) in [5.74, 6) is 1.09. The van der Waals surface area contributed by atoms with Gasteiger partial charge >= 0.3 is 0 Å². The summed E-state index contributed by atoms with van der Waals surface area (Å²) in [6, 6.07) is 0.403. The first-order valence-corrected chi connectivity index (χ1v) is 4.78. The summed E-state index contributed by atoms with van der Waals surface area (Å²) >= 11 is 0. The first-order chi connectivity index (χ1) is 5.90. The van der Waals surface area contributed by atoms with Gasteiger partial charge in [0.1, 0.15) is 12.2 Å². The summed E-state index contributed by atoms with van der Waals surface area (Å²) in [7, 11) is 0. The van der Waals surface area contributed by atoms with Crippen molar-refractivity contribution in [2.24, 2.45) is 5.41 Å². The van der Waals surface area contributed by atoms with Crippen molar-refractivity contribution in [2.45, 2.75) is 47.1 Å². The molecular weight excluding hydrogens is 162 g/mol. The van der Waals surface area contributed by atoms with Crippen molar-refractivity contribution in [3.63, 3.8) is 0 Å². The van der Waals surface area contributed by atoms with E-state index in [1.54, 1.807) is 6.33 Å². The van der Waals surface area contributed by atoms with E-state index in [1.165, 1.54) is 0 Å². The van der Waals surface area contributed by atoms with Crippen LogP contribution in [0, 0.1) is 5.41 Å². The van der Waals surface area contributed by atoms with Crippen LogP contribution in [0.1, 0.15) is 46.5 Å². The van der Waals surface area contributed by atoms with Gasteiger partial charge in [0, 0.05) is 12.5 Å². The maximum Gasteiger partial charge on any atom is 0.138 e. The number of nitrogens with zero attached hydrogens (tertiary/aromatic N) is 3. The van der Waals surface area contributed by atoms with E-state index in [1.807, 2.05) is 4.68 Å². The monoisotopic (exact) mass is 181 g/mol. The summed E-state index contributed by atoms with van der Waals surface area (Å²) in [5, 5.41) is 4.21. The number of hydrogen-bond acceptors (Lipinski definition) is 2. The minimum Gasteiger partial charge on any atom is -0.248 e. The molecule has 13 heavy (non-hydrogen) atoms. The van der Waals surface area contributed by atoms with Crippen LogP contribution in [-0.4, -0.2) is 14.8 Å². The summed E-state index contributed by atoms with van der Waals surface area (Å²) in [6.45, 7) is 10.9. The van der Waals surface area contributed by atoms with Gasteiger partial charge in [-0.25, -0.2) is 9.67 Å². The fourth-order valence-electron chi connectivity index (χ4n) is 1.31. The molecule has 0 unspecified atom stereocenters. The predicted octanol–water partition coefficient (Wildman–Crippen LogP) is 2.45. The van der Waals surface area contributed by atoms with Gasteiger partial charge < -0.3 is 0 Å². The zero-order valence-electron chi connectivity index (χ0n) is 9.20. The smallest absolute Gasteiger partial charge is 0.138 e. The molecule has 0 N–H and O–H groups in total. The van der Waals surface area contributed by atoms with Crippen molar-refractivity contribution in [2.75, 3.05) is 0 Å². The number of rotatable bonds is 2. The molecule has 0 saturated heterocycles. The quantitative estimate of drug-likeness (QED) is 0.701. The van der Waals surface area contributed by atoms with E-state index in [9.17, 15) is 0 Å². The maximum atomic E-state index is 4.27. The van der Waals surface area contributed by atoms with Crippen LogP contribution in [0.5, 0.6) is 0 Å². The second-order valence-corrected chi connectivity index (χ2v) is 4.95. The molecule has 0 aliphatic heterocycles. The molecule has 0 bridgehead atoms. The molecule has 74 valence electrons. The van der Waals surface area contributed by atoms with Gasteiger partial charge in [0.2, 0.25) is 0 Å². The van der Waals surface area contributed by atoms with E-state index >= 15 is 0 Å². The van der Waals surface area contributed by atoms with Gasteiger partial charge in [-0.2, -0.15) is 5.10 Å². The maximum absolute atomic E-state index is 4.27. The van der Waals surface area contributed by atoms with Crippen molar-refractivity contribution in [3.05, 3.63) is 12.2 Å². The van der Waals surface area contributed by atoms with E-state index < -0.39 is 0 Å². The van der Waals surface area contributed by atoms with Crippen LogP contribution in [-0.2, 0) is 6.42 Å². The molecule has 3 heteroatoms. The fourth-order valence-corrected chi connectivity index (χ4v) is 1.31. The average molecular weight is 181 g/mol. The lowest BCUT2D eigenvalue weighted by atomic mass is 9.92. The topological polar surface area (TPSA) is 30.7 Å². The Hall–Kier alpha value is -0.860. The van der Waals surface area contributed by atoms with Crippen LogP contribution in [0.4, 0.5) is 0 Å². The molecule has 1 aromatic rings. The van der Waals surface area contributed by atoms with Gasteiger partial charge in [0.15, 0.2) is 0 Å². The standard InChI is InChI=1S/C10H19N3/c1-8(2)13-9(11-7-12-13)6-10(3,4)5/h7-8H,6H2,1-5H3. The van der Waals surface area contributed by atoms with Gasteiger partial charge in [-0.1, -0.05) is 20.8 Å². The van der Waals surface area contributed by atoms with Crippen LogP contribution in [0.15, 0.2) is 6.33 Å². The zero-order valence-corrected chi connectivity index (χ0v) is 9.20. The van der Waals surface area contributed by atoms with E-state index in [0.29, 0.717) is 6.04 Å². The molecule has 0 aromatic carbocycles. The van der Waals surface area contributed by atoms with E-state index in [2.05, 4.69) is 44.7 Å². The molecule has 0 saturated carbocycles. The third kappa shape index (κ3) is 2.83. The zero-order chi connectivity index (χ0) is 10.1. The lowest BCUT2D eigenvalue weighted by Gasteiger charge is -2.18. The Bertz CT molecular complexity index is 268. The van der Waals surface area contributed by atoms with E-state index in [4.69, 9.17) is 0 Å². The first-order valence-electron chi connectivity index (χ1n) is 4.78. The number of hydrogen-bond donors (Lipinski definition) is 0.